The molecule has 1 aromatic carbocycles. The summed E-state index contributed by atoms with van der Waals surface area (Å²) in [6.45, 7) is 1.17. The molecule has 0 radical (unpaired) electrons. The monoisotopic (exact) mass is 461 g/mol. The molecule has 7 N–H and O–H groups in total. The van der Waals surface area contributed by atoms with Gasteiger partial charge in [0.25, 0.3) is 0 Å². The van der Waals surface area contributed by atoms with Gasteiger partial charge in [-0.05, 0) is 13.3 Å². The Labute approximate surface area is 184 Å². The third-order valence-electron chi connectivity index (χ3n) is 7.15. The van der Waals surface area contributed by atoms with Crippen molar-refractivity contribution in [2.24, 2.45) is 29.4 Å². The number of nitrogen functional groups attached to an aromatic ring is 1. The van der Waals surface area contributed by atoms with E-state index in [2.05, 4.69) is 0 Å². The minimum absolute atomic E-state index is 0.335. The SMILES string of the molecule is C[C@@]1(O)c2c(N)cc([N+](=O)[O-])c(O)c2C(=O)C2C(=O)[C@]3(O)C(=O)C(C(N)=O)C(=O)C[C@@H]3C[C@@H]21. The summed E-state index contributed by atoms with van der Waals surface area (Å²) in [6.07, 6.45) is -0.950. The second kappa shape index (κ2) is 6.65. The van der Waals surface area contributed by atoms with E-state index in [9.17, 15) is 49.4 Å². The lowest BCUT2D eigenvalue weighted by molar-refractivity contribution is -0.385. The van der Waals surface area contributed by atoms with Crippen molar-refractivity contribution in [3.05, 3.63) is 27.3 Å². The number of phenolic OH excluding ortho intramolecular Hbond substituents is 1. The summed E-state index contributed by atoms with van der Waals surface area (Å²) in [7, 11) is 0. The number of Topliss-reactive ketones (excluding diaryl/α,β-unsaturated/α-hetero) is 4. The van der Waals surface area contributed by atoms with Crippen LogP contribution in [0.25, 0.3) is 0 Å². The second-order valence-corrected chi connectivity index (χ2v) is 8.87. The first-order valence-corrected chi connectivity index (χ1v) is 9.87. The highest BCUT2D eigenvalue weighted by Crippen LogP contribution is 2.57. The van der Waals surface area contributed by atoms with E-state index in [1.807, 2.05) is 0 Å². The Morgan fingerprint density at radius 2 is 1.82 bits per heavy atom. The van der Waals surface area contributed by atoms with Gasteiger partial charge in [-0.3, -0.25) is 34.1 Å². The Morgan fingerprint density at radius 1 is 1.21 bits per heavy atom. The number of hydrogen-bond acceptors (Lipinski definition) is 11. The maximum Gasteiger partial charge on any atom is 0.313 e. The summed E-state index contributed by atoms with van der Waals surface area (Å²) in [4.78, 5) is 73.9. The van der Waals surface area contributed by atoms with E-state index < -0.39 is 92.3 Å². The molecule has 0 bridgehead atoms. The number of amides is 1. The molecule has 2 fully saturated rings. The van der Waals surface area contributed by atoms with Crippen LogP contribution in [0.3, 0.4) is 0 Å². The molecule has 33 heavy (non-hydrogen) atoms. The van der Waals surface area contributed by atoms with Crippen molar-refractivity contribution in [3.63, 3.8) is 0 Å². The number of ketones is 4. The molecule has 13 heteroatoms. The molecule has 2 saturated carbocycles. The Balaban J connectivity index is 1.94. The molecule has 174 valence electrons. The lowest BCUT2D eigenvalue weighted by atomic mass is 9.50. The number of carbonyl (C=O) groups excluding carboxylic acids is 5. The van der Waals surface area contributed by atoms with Crippen molar-refractivity contribution in [3.8, 4) is 5.75 Å². The fourth-order valence-corrected chi connectivity index (χ4v) is 5.60. The number of hydrogen-bond donors (Lipinski definition) is 5. The van der Waals surface area contributed by atoms with E-state index in [4.69, 9.17) is 11.5 Å². The highest BCUT2D eigenvalue weighted by Gasteiger charge is 2.69. The fourth-order valence-electron chi connectivity index (χ4n) is 5.60. The Hall–Kier alpha value is -3.71. The van der Waals surface area contributed by atoms with Gasteiger partial charge in [0.2, 0.25) is 11.7 Å². The van der Waals surface area contributed by atoms with Crippen LogP contribution in [0, 0.1) is 33.8 Å². The van der Waals surface area contributed by atoms with Crippen molar-refractivity contribution in [2.45, 2.75) is 31.0 Å². The van der Waals surface area contributed by atoms with Crippen LogP contribution in [-0.4, -0.2) is 54.9 Å². The third-order valence-corrected chi connectivity index (χ3v) is 7.15. The zero-order valence-electron chi connectivity index (χ0n) is 17.1. The molecule has 0 aliphatic heterocycles. The number of anilines is 1. The topological polar surface area (TPSA) is 241 Å². The quantitative estimate of drug-likeness (QED) is 0.111. The van der Waals surface area contributed by atoms with E-state index in [0.717, 1.165) is 6.07 Å². The minimum Gasteiger partial charge on any atom is -0.502 e. The number of fused-ring (bicyclic) bond motifs is 3. The predicted molar refractivity (Wildman–Crippen MR) is 105 cm³/mol. The van der Waals surface area contributed by atoms with Gasteiger partial charge < -0.3 is 26.8 Å². The minimum atomic E-state index is -2.92. The summed E-state index contributed by atoms with van der Waals surface area (Å²) in [5.41, 5.74) is 3.51. The normalized spacial score (nSPS) is 35.5. The van der Waals surface area contributed by atoms with Gasteiger partial charge in [-0.1, -0.05) is 0 Å². The van der Waals surface area contributed by atoms with Crippen molar-refractivity contribution in [1.29, 1.82) is 0 Å². The number of carbonyl (C=O) groups is 5. The molecule has 0 aromatic heterocycles. The summed E-state index contributed by atoms with van der Waals surface area (Å²) in [6, 6.07) is 0.766. The van der Waals surface area contributed by atoms with Crippen LogP contribution < -0.4 is 11.5 Å². The largest absolute Gasteiger partial charge is 0.502 e. The molecule has 0 saturated heterocycles. The number of primary amides is 1. The van der Waals surface area contributed by atoms with E-state index in [1.165, 1.54) is 6.92 Å². The van der Waals surface area contributed by atoms with Gasteiger partial charge in [0.15, 0.2) is 34.7 Å². The summed E-state index contributed by atoms with van der Waals surface area (Å²) >= 11 is 0. The first-order chi connectivity index (χ1) is 15.2. The molecule has 3 aliphatic rings. The zero-order chi connectivity index (χ0) is 24.8. The van der Waals surface area contributed by atoms with Gasteiger partial charge in [0.05, 0.1) is 22.0 Å². The number of rotatable bonds is 2. The number of nitro groups is 1. The maximum absolute atomic E-state index is 13.4. The lowest BCUT2D eigenvalue weighted by Crippen LogP contribution is -2.70. The molecule has 2 unspecified atom stereocenters. The standard InChI is InChI=1S/C20H19N3O10/c1-19(30)6-2-5-3-9(24)11(18(22)29)17(28)20(5,31)16(27)10(6)15(26)12-13(19)7(21)4-8(14(12)25)23(32)33/h4-6,10-11,25,30-31H,2-3,21H2,1H3,(H2,22,29)/t5-,6-,10?,11?,19-,20-/m0/s1. The van der Waals surface area contributed by atoms with Crippen molar-refractivity contribution in [2.75, 3.05) is 5.73 Å². The van der Waals surface area contributed by atoms with E-state index in [-0.39, 0.29) is 17.7 Å². The molecule has 1 aromatic rings. The lowest BCUT2D eigenvalue weighted by Gasteiger charge is -2.52. The highest BCUT2D eigenvalue weighted by molar-refractivity contribution is 6.31. The number of nitro benzene ring substituents is 1. The first-order valence-electron chi connectivity index (χ1n) is 9.87. The van der Waals surface area contributed by atoms with Crippen LogP contribution in [0.2, 0.25) is 0 Å². The Kier molecular flexibility index (Phi) is 4.53. The number of nitrogens with two attached hydrogens (primary N) is 2. The van der Waals surface area contributed by atoms with E-state index in [1.54, 1.807) is 0 Å². The number of aliphatic hydroxyl groups is 2. The summed E-state index contributed by atoms with van der Waals surface area (Å²) < 4.78 is 0. The van der Waals surface area contributed by atoms with Crippen molar-refractivity contribution < 1.29 is 44.2 Å². The van der Waals surface area contributed by atoms with E-state index in [0.29, 0.717) is 0 Å². The van der Waals surface area contributed by atoms with E-state index >= 15 is 0 Å². The van der Waals surface area contributed by atoms with Gasteiger partial charge in [0, 0.05) is 35.6 Å². The first kappa shape index (κ1) is 22.5. The van der Waals surface area contributed by atoms with Crippen LogP contribution in [-0.2, 0) is 24.8 Å². The smallest absolute Gasteiger partial charge is 0.313 e. The molecule has 0 heterocycles. The molecular formula is C20H19N3O10. The van der Waals surface area contributed by atoms with Gasteiger partial charge in [-0.2, -0.15) is 0 Å². The predicted octanol–water partition coefficient (Wildman–Crippen LogP) is -1.52. The van der Waals surface area contributed by atoms with Gasteiger partial charge in [0.1, 0.15) is 0 Å². The summed E-state index contributed by atoms with van der Waals surface area (Å²) in [5.74, 6) is -14.0. The molecule has 13 nitrogen and oxygen atoms in total. The zero-order valence-corrected chi connectivity index (χ0v) is 17.1. The van der Waals surface area contributed by atoms with Gasteiger partial charge in [-0.15, -0.1) is 0 Å². The fraction of sp³-hybridized carbons (Fsp3) is 0.450. The van der Waals surface area contributed by atoms with Crippen molar-refractivity contribution in [1.82, 2.24) is 0 Å². The van der Waals surface area contributed by atoms with Gasteiger partial charge in [-0.25, -0.2) is 0 Å². The van der Waals surface area contributed by atoms with Crippen LogP contribution in [0.15, 0.2) is 6.07 Å². The van der Waals surface area contributed by atoms with Gasteiger partial charge >= 0.3 is 5.69 Å². The molecular weight excluding hydrogens is 442 g/mol. The highest BCUT2D eigenvalue weighted by atomic mass is 16.6. The number of nitrogens with zero attached hydrogens (tertiary/aromatic N) is 1. The van der Waals surface area contributed by atoms with Crippen LogP contribution in [0.1, 0.15) is 35.7 Å². The Morgan fingerprint density at radius 3 is 2.36 bits per heavy atom. The number of benzene rings is 1. The van der Waals surface area contributed by atoms with Crippen LogP contribution in [0.5, 0.6) is 5.75 Å². The average molecular weight is 461 g/mol. The van der Waals surface area contributed by atoms with Crippen molar-refractivity contribution >= 4 is 40.4 Å². The molecule has 6 atom stereocenters. The molecule has 4 rings (SSSR count). The maximum atomic E-state index is 13.4. The Bertz CT molecular complexity index is 1200. The van der Waals surface area contributed by atoms with Crippen LogP contribution in [0.4, 0.5) is 11.4 Å². The second-order valence-electron chi connectivity index (χ2n) is 8.87. The molecule has 0 spiro atoms. The summed E-state index contributed by atoms with van der Waals surface area (Å²) in [5, 5.41) is 44.2. The number of phenols is 1. The molecule has 3 aliphatic carbocycles. The average Bonchev–Trinajstić information content (AvgIpc) is 2.69. The van der Waals surface area contributed by atoms with Crippen LogP contribution >= 0.6 is 0 Å². The third kappa shape index (κ3) is 2.63. The number of aromatic hydroxyl groups is 1. The molecule has 1 amide bonds.